The van der Waals surface area contributed by atoms with Gasteiger partial charge in [-0.05, 0) is 69.6 Å². The molecule has 10 heteroatoms. The van der Waals surface area contributed by atoms with E-state index in [2.05, 4.69) is 6.58 Å². The van der Waals surface area contributed by atoms with Gasteiger partial charge in [0.1, 0.15) is 69.6 Å². The van der Waals surface area contributed by atoms with E-state index in [0.29, 0.717) is 76.8 Å². The van der Waals surface area contributed by atoms with Crippen molar-refractivity contribution in [3.63, 3.8) is 0 Å². The van der Waals surface area contributed by atoms with Gasteiger partial charge in [-0.1, -0.05) is 224 Å². The van der Waals surface area contributed by atoms with Crippen LogP contribution >= 0.6 is 0 Å². The van der Waals surface area contributed by atoms with Crippen LogP contribution in [0.3, 0.4) is 0 Å². The number of allylic oxidation sites excluding steroid dienone is 1. The van der Waals surface area contributed by atoms with Crippen LogP contribution in [0.15, 0.2) is 261 Å². The quantitative estimate of drug-likeness (QED) is 0.0385. The third-order valence-corrected chi connectivity index (χ3v) is 14.2. The van der Waals surface area contributed by atoms with Crippen molar-refractivity contribution < 1.29 is 47.4 Å². The van der Waals surface area contributed by atoms with Crippen molar-refractivity contribution >= 4 is 5.97 Å². The summed E-state index contributed by atoms with van der Waals surface area (Å²) in [6.07, 6.45) is 0.548. The molecule has 1 aliphatic rings. The predicted octanol–water partition coefficient (Wildman–Crippen LogP) is 16.4. The molecule has 0 saturated carbocycles. The van der Waals surface area contributed by atoms with Crippen LogP contribution in [0.2, 0.25) is 0 Å². The Hall–Kier alpha value is -10.2. The van der Waals surface area contributed by atoms with Crippen molar-refractivity contribution in [3.05, 3.63) is 323 Å². The van der Waals surface area contributed by atoms with Crippen LogP contribution < -0.4 is 37.9 Å². The lowest BCUT2D eigenvalue weighted by molar-refractivity contribution is -0.0194. The van der Waals surface area contributed by atoms with E-state index in [-0.39, 0.29) is 45.0 Å². The molecule has 10 aromatic carbocycles. The van der Waals surface area contributed by atoms with E-state index in [0.717, 1.165) is 44.5 Å². The fourth-order valence-corrected chi connectivity index (χ4v) is 9.86. The number of fused-ring (bicyclic) bond motifs is 1. The number of ether oxygens (including phenoxy) is 9. The first kappa shape index (κ1) is 55.7. The monoisotopic (exact) mass is 1110 g/mol. The van der Waals surface area contributed by atoms with E-state index in [9.17, 15) is 0 Å². The Balaban J connectivity index is 1.02. The normalized spacial score (nSPS) is 13.3. The number of hydrogen-bond acceptors (Lipinski definition) is 10. The highest BCUT2D eigenvalue weighted by atomic mass is 16.6. The molecule has 0 fully saturated rings. The van der Waals surface area contributed by atoms with E-state index in [1.807, 2.05) is 243 Å². The Morgan fingerprint density at radius 3 is 1.19 bits per heavy atom. The zero-order chi connectivity index (χ0) is 57.1. The Morgan fingerprint density at radius 2 is 0.774 bits per heavy atom. The van der Waals surface area contributed by atoms with Gasteiger partial charge in [0.05, 0.1) is 5.56 Å². The van der Waals surface area contributed by atoms with Crippen LogP contribution in [0.5, 0.6) is 46.0 Å². The highest BCUT2D eigenvalue weighted by Crippen LogP contribution is 2.49. The highest BCUT2D eigenvalue weighted by Gasteiger charge is 2.39. The Labute approximate surface area is 491 Å². The molecular formula is C74H64O10. The second-order valence-electron chi connectivity index (χ2n) is 20.3. The number of rotatable bonds is 26. The number of esters is 1. The molecule has 0 unspecified atom stereocenters. The van der Waals surface area contributed by atoms with Crippen LogP contribution in [0.25, 0.3) is 0 Å². The van der Waals surface area contributed by atoms with Gasteiger partial charge in [0.15, 0.2) is 29.1 Å². The summed E-state index contributed by atoms with van der Waals surface area (Å²) < 4.78 is 60.8. The zero-order valence-electron chi connectivity index (χ0n) is 46.6. The maximum Gasteiger partial charge on any atom is 0.338 e. The molecule has 0 radical (unpaired) electrons. The van der Waals surface area contributed by atoms with Crippen molar-refractivity contribution in [1.82, 2.24) is 0 Å². The lowest BCUT2D eigenvalue weighted by Crippen LogP contribution is -2.35. The summed E-state index contributed by atoms with van der Waals surface area (Å²) in [6, 6.07) is 80.4. The molecule has 11 rings (SSSR count). The van der Waals surface area contributed by atoms with Crippen molar-refractivity contribution in [1.29, 1.82) is 0 Å². The second kappa shape index (κ2) is 28.0. The van der Waals surface area contributed by atoms with Crippen LogP contribution in [-0.2, 0) is 63.8 Å². The largest absolute Gasteiger partial charge is 0.488 e. The average molecular weight is 1110 g/mol. The number of benzene rings is 10. The molecule has 420 valence electrons. The van der Waals surface area contributed by atoms with Gasteiger partial charge in [-0.25, -0.2) is 4.79 Å². The minimum Gasteiger partial charge on any atom is -0.488 e. The molecule has 0 spiro atoms. The summed E-state index contributed by atoms with van der Waals surface area (Å²) in [4.78, 5) is 15.4. The van der Waals surface area contributed by atoms with Gasteiger partial charge in [-0.3, -0.25) is 0 Å². The highest BCUT2D eigenvalue weighted by molar-refractivity contribution is 5.91. The van der Waals surface area contributed by atoms with E-state index >= 15 is 4.79 Å². The van der Waals surface area contributed by atoms with Gasteiger partial charge >= 0.3 is 5.97 Å². The van der Waals surface area contributed by atoms with E-state index in [1.165, 1.54) is 0 Å². The summed E-state index contributed by atoms with van der Waals surface area (Å²) >= 11 is 0. The Morgan fingerprint density at radius 1 is 0.405 bits per heavy atom. The van der Waals surface area contributed by atoms with Gasteiger partial charge in [0.25, 0.3) is 0 Å². The first-order valence-electron chi connectivity index (χ1n) is 28.2. The van der Waals surface area contributed by atoms with Gasteiger partial charge in [0, 0.05) is 29.2 Å². The van der Waals surface area contributed by atoms with Crippen LogP contribution in [0, 0.1) is 0 Å². The first-order chi connectivity index (χ1) is 41.5. The summed E-state index contributed by atoms with van der Waals surface area (Å²) in [5, 5.41) is 0. The van der Waals surface area contributed by atoms with E-state index in [1.54, 1.807) is 12.1 Å². The SMILES string of the molecule is C=CCc1c(OCc2ccccc2)cc(OCc2ccccc2)c2c1O[C@H](c1ccc(OCc3ccccc3)c(OCc3ccccc3)c1)[C@@H](OC(=O)c1cc(OCc3ccccc3)c(OCc3ccccc3)c(OCc3ccccc3)c1)C2. The van der Waals surface area contributed by atoms with Gasteiger partial charge < -0.3 is 42.6 Å². The van der Waals surface area contributed by atoms with Gasteiger partial charge in [0.2, 0.25) is 5.75 Å². The molecule has 2 atom stereocenters. The smallest absolute Gasteiger partial charge is 0.338 e. The zero-order valence-corrected chi connectivity index (χ0v) is 46.6. The summed E-state index contributed by atoms with van der Waals surface area (Å²) in [5.74, 6) is 2.95. The maximum atomic E-state index is 15.4. The molecule has 0 amide bonds. The number of hydrogen-bond donors (Lipinski definition) is 0. The Kier molecular flexibility index (Phi) is 18.6. The number of carbonyl (C=O) groups excluding carboxylic acids is 1. The summed E-state index contributed by atoms with van der Waals surface area (Å²) in [7, 11) is 0. The van der Waals surface area contributed by atoms with Crippen LogP contribution in [0.4, 0.5) is 0 Å². The molecule has 10 nitrogen and oxygen atoms in total. The lowest BCUT2D eigenvalue weighted by atomic mass is 9.91. The molecule has 0 aliphatic carbocycles. The van der Waals surface area contributed by atoms with Crippen molar-refractivity contribution in [2.75, 3.05) is 0 Å². The molecule has 10 aromatic rings. The van der Waals surface area contributed by atoms with Crippen molar-refractivity contribution in [3.8, 4) is 46.0 Å². The fourth-order valence-electron chi connectivity index (χ4n) is 9.86. The fraction of sp³-hybridized carbons (Fsp3) is 0.149. The van der Waals surface area contributed by atoms with Crippen LogP contribution in [-0.4, -0.2) is 12.1 Å². The third kappa shape index (κ3) is 14.6. The molecule has 0 aromatic heterocycles. The second-order valence-corrected chi connectivity index (χ2v) is 20.3. The summed E-state index contributed by atoms with van der Waals surface area (Å²) in [5.41, 5.74) is 9.04. The average Bonchev–Trinajstić information content (AvgIpc) is 1.98. The molecule has 0 N–H and O–H groups in total. The molecule has 0 saturated heterocycles. The minimum atomic E-state index is -0.953. The Bertz CT molecular complexity index is 3650. The van der Waals surface area contributed by atoms with Crippen LogP contribution in [0.1, 0.15) is 72.1 Å². The van der Waals surface area contributed by atoms with Gasteiger partial charge in [-0.2, -0.15) is 0 Å². The van der Waals surface area contributed by atoms with E-state index < -0.39 is 18.2 Å². The summed E-state index contributed by atoms with van der Waals surface area (Å²) in [6.45, 7) is 5.87. The molecule has 1 aliphatic heterocycles. The predicted molar refractivity (Wildman–Crippen MR) is 325 cm³/mol. The molecule has 0 bridgehead atoms. The van der Waals surface area contributed by atoms with Gasteiger partial charge in [-0.15, -0.1) is 6.58 Å². The molecule has 84 heavy (non-hydrogen) atoms. The van der Waals surface area contributed by atoms with Crippen molar-refractivity contribution in [2.45, 2.75) is 71.3 Å². The first-order valence-corrected chi connectivity index (χ1v) is 28.2. The topological polar surface area (TPSA) is 100 Å². The minimum absolute atomic E-state index is 0.173. The third-order valence-electron chi connectivity index (χ3n) is 14.2. The standard InChI is InChI=1S/C74H64O10/c1-2-24-62-65(77-47-54-27-12-4-13-28-54)45-66(78-48-55-29-14-5-15-30-55)63-44-70(71(84-72(62)63)60-39-40-64(76-46-53-25-10-3-11-26-53)67(41-60)79-49-56-31-16-6-17-32-56)83-74(75)61-42-68(80-50-57-33-18-7-19-34-57)73(82-52-59-37-22-9-23-38-59)69(43-61)81-51-58-35-20-8-21-36-58/h2-23,25-43,45,70-71H,1,24,44,46-52H2/t70-,71+/m0/s1. The molecular weight excluding hydrogens is 1050 g/mol. The van der Waals surface area contributed by atoms with Crippen molar-refractivity contribution in [2.24, 2.45) is 0 Å². The molecule has 1 heterocycles. The number of carbonyl (C=O) groups is 1. The van der Waals surface area contributed by atoms with E-state index in [4.69, 9.17) is 42.6 Å². The maximum absolute atomic E-state index is 15.4. The lowest BCUT2D eigenvalue weighted by Gasteiger charge is -2.36.